The number of ether oxygens (including phenoxy) is 1. The molecule has 1 aromatic heterocycles. The van der Waals surface area contributed by atoms with Crippen LogP contribution >= 0.6 is 11.6 Å². The minimum atomic E-state index is -0.403. The second-order valence-electron chi connectivity index (χ2n) is 7.25. The average molecular weight is 460 g/mol. The summed E-state index contributed by atoms with van der Waals surface area (Å²) in [5.74, 6) is 0.196. The molecule has 0 spiro atoms. The molecular weight excluding hydrogens is 438 g/mol. The molecule has 0 radical (unpaired) electrons. The Balaban J connectivity index is 1.85. The maximum absolute atomic E-state index is 13.5. The largest absolute Gasteiger partial charge is 0.485 e. The summed E-state index contributed by atoms with van der Waals surface area (Å²) < 4.78 is 7.04. The zero-order chi connectivity index (χ0) is 23.2. The monoisotopic (exact) mass is 459 g/mol. The Morgan fingerprint density at radius 2 is 1.70 bits per heavy atom. The van der Waals surface area contributed by atoms with Gasteiger partial charge < -0.3 is 10.1 Å². The molecule has 4 aromatic rings. The number of rotatable bonds is 8. The number of Topliss-reactive ketones (excluding diaryl/α,β-unsaturated/α-hetero) is 1. The van der Waals surface area contributed by atoms with E-state index in [0.717, 1.165) is 5.56 Å². The number of carbonyl (C=O) groups is 1. The number of anilines is 2. The van der Waals surface area contributed by atoms with Gasteiger partial charge in [0.25, 0.3) is 5.56 Å². The van der Waals surface area contributed by atoms with Crippen LogP contribution in [-0.4, -0.2) is 22.2 Å². The molecule has 0 saturated carbocycles. The van der Waals surface area contributed by atoms with Gasteiger partial charge in [-0.3, -0.25) is 9.59 Å². The molecule has 33 heavy (non-hydrogen) atoms. The minimum absolute atomic E-state index is 0.134. The summed E-state index contributed by atoms with van der Waals surface area (Å²) in [5, 5.41) is 8.14. The van der Waals surface area contributed by atoms with Gasteiger partial charge in [0.1, 0.15) is 17.1 Å². The smallest absolute Gasteiger partial charge is 0.291 e. The van der Waals surface area contributed by atoms with E-state index in [1.807, 2.05) is 55.5 Å². The third kappa shape index (κ3) is 5.13. The highest BCUT2D eigenvalue weighted by molar-refractivity contribution is 6.30. The number of hydrogen-bond acceptors (Lipinski definition) is 5. The van der Waals surface area contributed by atoms with Crippen molar-refractivity contribution < 1.29 is 9.53 Å². The van der Waals surface area contributed by atoms with Crippen LogP contribution in [0, 0.1) is 0 Å². The first-order valence-corrected chi connectivity index (χ1v) is 10.9. The van der Waals surface area contributed by atoms with Crippen molar-refractivity contribution in [1.29, 1.82) is 0 Å². The molecule has 6 nitrogen and oxygen atoms in total. The topological polar surface area (TPSA) is 73.2 Å². The Morgan fingerprint density at radius 1 is 1.00 bits per heavy atom. The van der Waals surface area contributed by atoms with Gasteiger partial charge in [-0.25, -0.2) is 4.68 Å². The van der Waals surface area contributed by atoms with Gasteiger partial charge in [-0.1, -0.05) is 66.2 Å². The van der Waals surface area contributed by atoms with E-state index < -0.39 is 5.56 Å². The van der Waals surface area contributed by atoms with Crippen molar-refractivity contribution >= 4 is 28.8 Å². The van der Waals surface area contributed by atoms with Crippen LogP contribution in [0.4, 0.5) is 11.4 Å². The molecule has 0 aliphatic carbocycles. The van der Waals surface area contributed by atoms with Crippen molar-refractivity contribution in [2.75, 3.05) is 11.9 Å². The summed E-state index contributed by atoms with van der Waals surface area (Å²) in [5.41, 5.74) is 1.62. The van der Waals surface area contributed by atoms with Gasteiger partial charge in [-0.2, -0.15) is 5.10 Å². The standard InChI is InChI=1S/C26H22ClN3O3/c1-2-30-26(32)25(28-20-13-9-12-19(27)16-20)23(24(29-30)18-10-5-3-6-11-18)22(31)17-33-21-14-7-4-8-15-21/h3-16,28H,2,17H2,1H3. The maximum Gasteiger partial charge on any atom is 0.291 e. The minimum Gasteiger partial charge on any atom is -0.485 e. The summed E-state index contributed by atoms with van der Waals surface area (Å²) in [7, 11) is 0. The van der Waals surface area contributed by atoms with Crippen LogP contribution in [0.1, 0.15) is 17.3 Å². The first-order valence-electron chi connectivity index (χ1n) is 10.5. The van der Waals surface area contributed by atoms with E-state index in [1.165, 1.54) is 4.68 Å². The second-order valence-corrected chi connectivity index (χ2v) is 7.68. The molecule has 0 amide bonds. The normalized spacial score (nSPS) is 10.6. The Morgan fingerprint density at radius 3 is 2.36 bits per heavy atom. The number of nitrogens with zero attached hydrogens (tertiary/aromatic N) is 2. The number of benzene rings is 3. The molecule has 166 valence electrons. The lowest BCUT2D eigenvalue weighted by Crippen LogP contribution is -2.29. The predicted molar refractivity (Wildman–Crippen MR) is 131 cm³/mol. The van der Waals surface area contributed by atoms with Crippen LogP contribution < -0.4 is 15.6 Å². The van der Waals surface area contributed by atoms with Crippen molar-refractivity contribution in [3.05, 3.63) is 106 Å². The highest BCUT2D eigenvalue weighted by Crippen LogP contribution is 2.28. The maximum atomic E-state index is 13.5. The number of halogens is 1. The van der Waals surface area contributed by atoms with Gasteiger partial charge in [0, 0.05) is 22.8 Å². The van der Waals surface area contributed by atoms with E-state index in [-0.39, 0.29) is 23.6 Å². The molecule has 0 aliphatic heterocycles. The summed E-state index contributed by atoms with van der Waals surface area (Å²) in [6, 6.07) is 25.3. The fourth-order valence-electron chi connectivity index (χ4n) is 3.42. The quantitative estimate of drug-likeness (QED) is 0.348. The van der Waals surface area contributed by atoms with Crippen LogP contribution in [0.5, 0.6) is 5.75 Å². The number of para-hydroxylation sites is 1. The molecule has 0 bridgehead atoms. The number of nitrogens with one attached hydrogen (secondary N) is 1. The zero-order valence-electron chi connectivity index (χ0n) is 18.0. The van der Waals surface area contributed by atoms with Gasteiger partial charge in [0.05, 0.1) is 5.56 Å². The van der Waals surface area contributed by atoms with E-state index in [2.05, 4.69) is 10.4 Å². The van der Waals surface area contributed by atoms with E-state index >= 15 is 0 Å². The van der Waals surface area contributed by atoms with E-state index in [0.29, 0.717) is 28.7 Å². The third-order valence-electron chi connectivity index (χ3n) is 4.99. The average Bonchev–Trinajstić information content (AvgIpc) is 2.85. The summed E-state index contributed by atoms with van der Waals surface area (Å²) in [4.78, 5) is 26.7. The Kier molecular flexibility index (Phi) is 6.86. The van der Waals surface area contributed by atoms with Gasteiger partial charge in [-0.05, 0) is 37.3 Å². The van der Waals surface area contributed by atoms with E-state index in [4.69, 9.17) is 16.3 Å². The number of hydrogen-bond donors (Lipinski definition) is 1. The van der Waals surface area contributed by atoms with Crippen molar-refractivity contribution in [3.63, 3.8) is 0 Å². The lowest BCUT2D eigenvalue weighted by atomic mass is 10.0. The van der Waals surface area contributed by atoms with E-state index in [9.17, 15) is 9.59 Å². The summed E-state index contributed by atoms with van der Waals surface area (Å²) in [6.07, 6.45) is 0. The van der Waals surface area contributed by atoms with Crippen molar-refractivity contribution in [3.8, 4) is 17.0 Å². The van der Waals surface area contributed by atoms with Gasteiger partial charge in [0.2, 0.25) is 5.78 Å². The summed E-state index contributed by atoms with van der Waals surface area (Å²) in [6.45, 7) is 1.93. The number of aromatic nitrogens is 2. The molecule has 1 heterocycles. The van der Waals surface area contributed by atoms with Crippen LogP contribution in [0.25, 0.3) is 11.3 Å². The molecule has 0 fully saturated rings. The molecule has 3 aromatic carbocycles. The molecule has 0 unspecified atom stereocenters. The fraction of sp³-hybridized carbons (Fsp3) is 0.115. The Bertz CT molecular complexity index is 1320. The molecular formula is C26H22ClN3O3. The predicted octanol–water partition coefficient (Wildman–Crippen LogP) is 5.59. The molecule has 0 saturated heterocycles. The molecule has 0 atom stereocenters. The second kappa shape index (κ2) is 10.1. The van der Waals surface area contributed by atoms with Gasteiger partial charge in [-0.15, -0.1) is 0 Å². The van der Waals surface area contributed by atoms with Crippen LogP contribution in [0.15, 0.2) is 89.7 Å². The van der Waals surface area contributed by atoms with Gasteiger partial charge in [0.15, 0.2) is 6.61 Å². The zero-order valence-corrected chi connectivity index (χ0v) is 18.8. The Labute approximate surface area is 196 Å². The first-order chi connectivity index (χ1) is 16.1. The lowest BCUT2D eigenvalue weighted by molar-refractivity contribution is 0.0922. The molecule has 1 N–H and O–H groups in total. The van der Waals surface area contributed by atoms with Crippen molar-refractivity contribution in [2.24, 2.45) is 0 Å². The molecule has 4 rings (SSSR count). The fourth-order valence-corrected chi connectivity index (χ4v) is 3.61. The van der Waals surface area contributed by atoms with Crippen LogP contribution in [0.2, 0.25) is 5.02 Å². The van der Waals surface area contributed by atoms with Crippen molar-refractivity contribution in [2.45, 2.75) is 13.5 Å². The lowest BCUT2D eigenvalue weighted by Gasteiger charge is -2.17. The summed E-state index contributed by atoms with van der Waals surface area (Å²) >= 11 is 6.13. The SMILES string of the molecule is CCn1nc(-c2ccccc2)c(C(=O)COc2ccccc2)c(Nc2cccc(Cl)c2)c1=O. The third-order valence-corrected chi connectivity index (χ3v) is 5.22. The van der Waals surface area contributed by atoms with Gasteiger partial charge >= 0.3 is 0 Å². The van der Waals surface area contributed by atoms with Crippen molar-refractivity contribution in [1.82, 2.24) is 9.78 Å². The first kappa shape index (κ1) is 22.3. The van der Waals surface area contributed by atoms with E-state index in [1.54, 1.807) is 36.4 Å². The number of carbonyl (C=O) groups excluding carboxylic acids is 1. The number of aryl methyl sites for hydroxylation is 1. The Hall–Kier alpha value is -3.90. The number of ketones is 1. The van der Waals surface area contributed by atoms with Crippen LogP contribution in [-0.2, 0) is 6.54 Å². The highest BCUT2D eigenvalue weighted by atomic mass is 35.5. The molecule has 7 heteroatoms. The molecule has 0 aliphatic rings. The highest BCUT2D eigenvalue weighted by Gasteiger charge is 2.24. The van der Waals surface area contributed by atoms with Crippen LogP contribution in [0.3, 0.4) is 0 Å².